The average Bonchev–Trinajstić information content (AvgIpc) is 1.54. The van der Waals surface area contributed by atoms with Crippen molar-refractivity contribution in [2.45, 2.75) is 154 Å². The van der Waals surface area contributed by atoms with Crippen LogP contribution < -0.4 is 37.9 Å². The molecule has 32 heteroatoms. The number of rotatable bonds is 50. The second-order valence-electron chi connectivity index (χ2n) is 37.3. The minimum absolute atomic E-state index is 0.0309. The maximum absolute atomic E-state index is 15.7. The molecule has 0 spiro atoms. The molecular formula is C110H132N6O22P2Si2. The molecule has 2 aliphatic heterocycles. The number of methoxy groups -OCH3 is 4. The molecule has 4 N–H and O–H groups in total. The highest BCUT2D eigenvalue weighted by Crippen LogP contribution is 2.52. The van der Waals surface area contributed by atoms with Crippen LogP contribution in [0.3, 0.4) is 0 Å². The maximum Gasteiger partial charge on any atom is 0.368 e. The Kier molecular flexibility index (Phi) is 39.6. The van der Waals surface area contributed by atoms with Crippen LogP contribution >= 0.6 is 15.2 Å². The number of carbonyl (C=O) groups is 2. The SMILES string of the molecule is COc1cc(CN2C(=O)N(Cc3ccc(O)c(OC)c3)N(Cc3ccc(OCP(=O)(OCc4ccccc4)OCc4ccccc4)cc3)C[C@@H](O)[C@H]2Cc2ccccc2)ccc1O.COc1cc(CN2C(=O)N(Cc3ccc(OCOCC[Si](C)(C)C)c(OC)c3)N(Cc3ccc(OCP(=O)(OCc4ccccc4)OCc4ccccc4)cc3)C[C@@H](O)[C@H]2Cc2ccccc2)ccc1OCOCC[Si](C)(C)C. The molecule has 12 aromatic carbocycles. The Bertz CT molecular complexity index is 5920. The molecule has 14 rings (SSSR count). The van der Waals surface area contributed by atoms with E-state index < -0.39 is 55.6 Å². The summed E-state index contributed by atoms with van der Waals surface area (Å²) in [6, 6.07) is 93.2. The number of phenolic OH excluding ortho intramolecular Hbond substituents is 2. The summed E-state index contributed by atoms with van der Waals surface area (Å²) in [7, 11) is -3.98. The van der Waals surface area contributed by atoms with E-state index >= 15 is 9.59 Å². The van der Waals surface area contributed by atoms with Crippen molar-refractivity contribution in [3.05, 3.63) is 370 Å². The van der Waals surface area contributed by atoms with E-state index in [0.717, 1.165) is 67.7 Å². The van der Waals surface area contributed by atoms with E-state index in [1.54, 1.807) is 82.6 Å². The lowest BCUT2D eigenvalue weighted by atomic mass is 9.99. The van der Waals surface area contributed by atoms with Gasteiger partial charge in [-0.15, -0.1) is 0 Å². The standard InChI is InChI=1S/C61H80N3O12PSi2.C49H52N3O10P/c1-68-59-37-52(26-30-57(59)72-45-70-32-34-78(3,4)5)40-63-55(36-48-18-12-9-13-19-48)56(65)42-62(64(61(63)66)41-53-27-31-58(60(38-53)69-2)73-46-71-33-35-79(6,7)8)39-49-24-28-54(29-25-49)74-47-77(67,75-43-50-20-14-10-15-21-50)76-44-51-22-16-11-17-23-51;1-58-47-27-40(20-24-44(47)53)30-51-43(26-36-12-6-3-7-13-36)46(55)32-50(52(49(51)56)31-41-21-25-45(54)48(28-41)59-2)29-37-18-22-42(23-19-37)60-35-63(57,61-33-38-14-8-4-9-15-38)62-34-39-16-10-5-11-17-39/h9-31,37-38,55-56,65H,32-36,39-47H2,1-8H3;3-25,27-28,43,46,53-55H,26,29-35H2,1-2H3/t55-,56-;43-,46-/m11/s1. The molecule has 2 fully saturated rings. The van der Waals surface area contributed by atoms with Gasteiger partial charge in [0.15, 0.2) is 72.3 Å². The number of aliphatic hydroxyl groups excluding tert-OH is 2. The molecule has 2 aliphatic rings. The van der Waals surface area contributed by atoms with E-state index in [-0.39, 0.29) is 140 Å². The molecule has 4 atom stereocenters. The third-order valence-corrected chi connectivity index (χ3v) is 30.4. The number of hydrazine groups is 2. The molecule has 0 saturated carbocycles. The Balaban J connectivity index is 0.000000244. The van der Waals surface area contributed by atoms with Crippen LogP contribution in [0.5, 0.6) is 57.5 Å². The van der Waals surface area contributed by atoms with Gasteiger partial charge < -0.3 is 95.7 Å². The predicted octanol–water partition coefficient (Wildman–Crippen LogP) is 21.8. The maximum atomic E-state index is 15.7. The first-order valence-corrected chi connectivity index (χ1v) is 58.3. The lowest BCUT2D eigenvalue weighted by Crippen LogP contribution is -2.51. The summed E-state index contributed by atoms with van der Waals surface area (Å²) in [4.78, 5) is 34.3. The molecule has 0 aliphatic carbocycles. The fourth-order valence-electron chi connectivity index (χ4n) is 16.0. The zero-order valence-corrected chi connectivity index (χ0v) is 86.2. The van der Waals surface area contributed by atoms with Crippen molar-refractivity contribution in [2.75, 3.05) is 81.0 Å². The van der Waals surface area contributed by atoms with Crippen LogP contribution in [0.15, 0.2) is 303 Å². The van der Waals surface area contributed by atoms with Crippen molar-refractivity contribution in [3.63, 3.8) is 0 Å². The van der Waals surface area contributed by atoms with Crippen molar-refractivity contribution in [1.29, 1.82) is 0 Å². The molecule has 142 heavy (non-hydrogen) atoms. The van der Waals surface area contributed by atoms with Crippen LogP contribution in [-0.2, 0) is 115 Å². The Hall–Kier alpha value is -12.3. The summed E-state index contributed by atoms with van der Waals surface area (Å²) < 4.78 is 110. The summed E-state index contributed by atoms with van der Waals surface area (Å²) in [5.41, 5.74) is 9.86. The first-order valence-electron chi connectivity index (χ1n) is 47.5. The second kappa shape index (κ2) is 52.6. The highest BCUT2D eigenvalue weighted by Gasteiger charge is 2.43. The number of nitrogens with zero attached hydrogens (tertiary/aromatic N) is 6. The highest BCUT2D eigenvalue weighted by molar-refractivity contribution is 7.53. The summed E-state index contributed by atoms with van der Waals surface area (Å²) in [6.45, 7) is 16.7. The number of ether oxygens (including phenoxy) is 10. The van der Waals surface area contributed by atoms with Crippen molar-refractivity contribution < 1.29 is 105 Å². The first kappa shape index (κ1) is 107. The Labute approximate surface area is 835 Å². The van der Waals surface area contributed by atoms with Gasteiger partial charge >= 0.3 is 27.3 Å². The van der Waals surface area contributed by atoms with E-state index in [2.05, 4.69) is 39.3 Å². The minimum Gasteiger partial charge on any atom is -0.504 e. The largest absolute Gasteiger partial charge is 0.504 e. The third-order valence-electron chi connectivity index (χ3n) is 24.0. The van der Waals surface area contributed by atoms with Gasteiger partial charge in [-0.25, -0.2) is 19.6 Å². The van der Waals surface area contributed by atoms with E-state index in [4.69, 9.17) is 65.5 Å². The zero-order valence-electron chi connectivity index (χ0n) is 82.4. The molecule has 0 radical (unpaired) electrons. The number of urea groups is 2. The van der Waals surface area contributed by atoms with Crippen LogP contribution in [0.2, 0.25) is 51.4 Å². The third kappa shape index (κ3) is 32.9. The number of amides is 4. The number of phenols is 2. The predicted molar refractivity (Wildman–Crippen MR) is 552 cm³/mol. The molecular weight excluding hydrogens is 1880 g/mol. The average molecular weight is 2010 g/mol. The monoisotopic (exact) mass is 2010 g/mol. The van der Waals surface area contributed by atoms with E-state index in [0.29, 0.717) is 71.7 Å². The topological polar surface area (TPSA) is 298 Å². The number of aliphatic hydroxyl groups is 2. The van der Waals surface area contributed by atoms with Gasteiger partial charge in [-0.1, -0.05) is 270 Å². The van der Waals surface area contributed by atoms with Gasteiger partial charge in [0.1, 0.15) is 11.5 Å². The number of hydrogen-bond donors (Lipinski definition) is 4. The zero-order chi connectivity index (χ0) is 100. The van der Waals surface area contributed by atoms with Gasteiger partial charge in [0.2, 0.25) is 0 Å². The number of benzene rings is 12. The van der Waals surface area contributed by atoms with Gasteiger partial charge in [-0.2, -0.15) is 0 Å². The lowest BCUT2D eigenvalue weighted by Gasteiger charge is -2.36. The van der Waals surface area contributed by atoms with Gasteiger partial charge in [-0.05, 0) is 164 Å². The van der Waals surface area contributed by atoms with Gasteiger partial charge in [0.25, 0.3) is 0 Å². The molecule has 2 heterocycles. The lowest BCUT2D eigenvalue weighted by molar-refractivity contribution is -0.0216. The van der Waals surface area contributed by atoms with Crippen LogP contribution in [0, 0.1) is 0 Å². The smallest absolute Gasteiger partial charge is 0.368 e. The molecule has 28 nitrogen and oxygen atoms in total. The first-order chi connectivity index (χ1) is 68.5. The number of aromatic hydroxyl groups is 2. The van der Waals surface area contributed by atoms with Crippen LogP contribution in [0.1, 0.15) is 66.8 Å². The Morgan fingerprint density at radius 1 is 0.317 bits per heavy atom. The minimum atomic E-state index is -3.77. The molecule has 12 aromatic rings. The Morgan fingerprint density at radius 3 is 0.901 bits per heavy atom. The second-order valence-corrected chi connectivity index (χ2v) is 52.6. The summed E-state index contributed by atoms with van der Waals surface area (Å²) in [5, 5.41) is 52.4. The normalized spacial score (nSPS) is 15.6. The van der Waals surface area contributed by atoms with E-state index in [9.17, 15) is 29.6 Å². The van der Waals surface area contributed by atoms with Crippen molar-refractivity contribution >= 4 is 43.4 Å². The summed E-state index contributed by atoms with van der Waals surface area (Å²) in [5.74, 6) is 3.36. The molecule has 0 bridgehead atoms. The fourth-order valence-corrected chi connectivity index (χ4v) is 19.9. The molecule has 0 unspecified atom stereocenters. The van der Waals surface area contributed by atoms with Crippen molar-refractivity contribution in [3.8, 4) is 57.5 Å². The van der Waals surface area contributed by atoms with Crippen LogP contribution in [0.4, 0.5) is 9.59 Å². The van der Waals surface area contributed by atoms with Crippen molar-refractivity contribution in [1.82, 2.24) is 29.8 Å². The molecule has 0 aromatic heterocycles. The quantitative estimate of drug-likeness (QED) is 0.0119. The van der Waals surface area contributed by atoms with Crippen LogP contribution in [-0.4, -0.2) is 184 Å². The van der Waals surface area contributed by atoms with Gasteiger partial charge in [0, 0.05) is 68.6 Å². The van der Waals surface area contributed by atoms with E-state index in [1.807, 2.05) is 253 Å². The molecule has 752 valence electrons. The van der Waals surface area contributed by atoms with E-state index in [1.165, 1.54) is 26.4 Å². The molecule has 2 saturated heterocycles. The van der Waals surface area contributed by atoms with Crippen LogP contribution in [0.25, 0.3) is 0 Å². The number of carbonyl (C=O) groups excluding carboxylic acids is 2. The Morgan fingerprint density at radius 2 is 0.599 bits per heavy atom. The number of β-amino-alcohol motifs (C(OH)–C–C–N with tert-alkyl or cyclic N) is 2. The summed E-state index contributed by atoms with van der Waals surface area (Å²) >= 11 is 0. The van der Waals surface area contributed by atoms with Gasteiger partial charge in [-0.3, -0.25) is 19.1 Å². The fraction of sp³-hybridized carbons (Fsp3) is 0.327. The van der Waals surface area contributed by atoms with Gasteiger partial charge in [0.05, 0.1) is 92.2 Å². The number of hydrogen-bond acceptors (Lipinski definition) is 24. The summed E-state index contributed by atoms with van der Waals surface area (Å²) in [6.07, 6.45) is -1.88. The van der Waals surface area contributed by atoms with Crippen molar-refractivity contribution in [2.24, 2.45) is 0 Å². The highest BCUT2D eigenvalue weighted by atomic mass is 31.2. The molecule has 4 amide bonds.